The maximum Gasteiger partial charge on any atom is 0.270 e. The van der Waals surface area contributed by atoms with Gasteiger partial charge in [0.05, 0.1) is 0 Å². The van der Waals surface area contributed by atoms with Crippen molar-refractivity contribution in [2.75, 3.05) is 37.7 Å². The lowest BCUT2D eigenvalue weighted by Crippen LogP contribution is -2.50. The largest absolute Gasteiger partial charge is 0.368 e. The smallest absolute Gasteiger partial charge is 0.270 e. The highest BCUT2D eigenvalue weighted by Crippen LogP contribution is 2.32. The number of hydrogen-bond acceptors (Lipinski definition) is 4. The van der Waals surface area contributed by atoms with Crippen LogP contribution in [-0.4, -0.2) is 49.9 Å². The Bertz CT molecular complexity index is 664. The van der Waals surface area contributed by atoms with Crippen molar-refractivity contribution < 1.29 is 4.79 Å². The van der Waals surface area contributed by atoms with E-state index < -0.39 is 0 Å². The van der Waals surface area contributed by atoms with Gasteiger partial charge < -0.3 is 15.1 Å². The molecular formula is C19H26N4O. The van der Waals surface area contributed by atoms with Gasteiger partial charge in [0.2, 0.25) is 0 Å². The van der Waals surface area contributed by atoms with Crippen molar-refractivity contribution in [2.45, 2.75) is 26.2 Å². The van der Waals surface area contributed by atoms with Gasteiger partial charge in [0, 0.05) is 38.1 Å². The van der Waals surface area contributed by atoms with E-state index in [-0.39, 0.29) is 11.3 Å². The van der Waals surface area contributed by atoms with E-state index in [4.69, 9.17) is 0 Å². The number of amides is 1. The number of benzene rings is 1. The zero-order chi connectivity index (χ0) is 17.2. The average Bonchev–Trinajstić information content (AvgIpc) is 2.61. The number of hydrogen-bond donors (Lipinski definition) is 1. The molecule has 2 heterocycles. The molecule has 0 bridgehead atoms. The van der Waals surface area contributed by atoms with Crippen molar-refractivity contribution in [1.82, 2.24) is 10.2 Å². The first-order chi connectivity index (χ1) is 11.5. The van der Waals surface area contributed by atoms with Gasteiger partial charge in [-0.3, -0.25) is 9.79 Å². The molecule has 3 rings (SSSR count). The van der Waals surface area contributed by atoms with E-state index in [1.165, 1.54) is 11.3 Å². The molecule has 5 heteroatoms. The first-order valence-electron chi connectivity index (χ1n) is 8.54. The second-order valence-corrected chi connectivity index (χ2v) is 7.29. The fourth-order valence-corrected chi connectivity index (χ4v) is 3.22. The number of nitrogens with one attached hydrogen (secondary N) is 1. The third kappa shape index (κ3) is 3.45. The second kappa shape index (κ2) is 6.67. The minimum atomic E-state index is 0.0740. The summed E-state index contributed by atoms with van der Waals surface area (Å²) in [5.41, 5.74) is 3.41. The summed E-state index contributed by atoms with van der Waals surface area (Å²) < 4.78 is 0. The highest BCUT2D eigenvalue weighted by atomic mass is 16.2. The Morgan fingerprint density at radius 1 is 1.12 bits per heavy atom. The molecule has 0 atom stereocenters. The number of para-hydroxylation sites is 1. The Kier molecular flexibility index (Phi) is 4.60. The van der Waals surface area contributed by atoms with Gasteiger partial charge in [-0.25, -0.2) is 0 Å². The van der Waals surface area contributed by atoms with Crippen LogP contribution in [-0.2, 0) is 10.2 Å². The number of piperazine rings is 1. The molecule has 128 valence electrons. The van der Waals surface area contributed by atoms with Crippen LogP contribution in [0.2, 0.25) is 0 Å². The van der Waals surface area contributed by atoms with E-state index in [0.29, 0.717) is 12.4 Å². The molecule has 0 radical (unpaired) electrons. The van der Waals surface area contributed by atoms with Crippen molar-refractivity contribution in [2.24, 2.45) is 4.99 Å². The third-order valence-corrected chi connectivity index (χ3v) is 4.56. The Hall–Kier alpha value is -2.30. The molecule has 0 spiro atoms. The number of carbonyl (C=O) groups is 1. The summed E-state index contributed by atoms with van der Waals surface area (Å²) in [6.45, 7) is 10.4. The van der Waals surface area contributed by atoms with Crippen molar-refractivity contribution in [3.05, 3.63) is 41.6 Å². The monoisotopic (exact) mass is 326 g/mol. The fourth-order valence-electron chi connectivity index (χ4n) is 3.22. The first-order valence-corrected chi connectivity index (χ1v) is 8.54. The van der Waals surface area contributed by atoms with Gasteiger partial charge in [-0.1, -0.05) is 39.0 Å². The predicted molar refractivity (Wildman–Crippen MR) is 98.5 cm³/mol. The van der Waals surface area contributed by atoms with Crippen molar-refractivity contribution in [3.63, 3.8) is 0 Å². The standard InChI is InChI=1S/C19H26N4O/c1-19(2,3)15-6-4-5-7-17(15)22-10-12-23(13-11-22)18(24)16-8-9-20-14-21-16/h4-9,21H,10-14H2,1-3H3. The first kappa shape index (κ1) is 16.6. The summed E-state index contributed by atoms with van der Waals surface area (Å²) in [7, 11) is 0. The lowest BCUT2D eigenvalue weighted by atomic mass is 9.85. The Morgan fingerprint density at radius 2 is 1.83 bits per heavy atom. The highest BCUT2D eigenvalue weighted by molar-refractivity contribution is 5.97. The molecule has 0 unspecified atom stereocenters. The lowest BCUT2D eigenvalue weighted by molar-refractivity contribution is -0.127. The van der Waals surface area contributed by atoms with Crippen molar-refractivity contribution >= 4 is 17.8 Å². The van der Waals surface area contributed by atoms with Crippen molar-refractivity contribution in [1.29, 1.82) is 0 Å². The van der Waals surface area contributed by atoms with Crippen LogP contribution in [0.25, 0.3) is 0 Å². The molecule has 1 saturated heterocycles. The number of anilines is 1. The quantitative estimate of drug-likeness (QED) is 0.906. The van der Waals surface area contributed by atoms with Gasteiger partial charge in [0.1, 0.15) is 12.4 Å². The minimum Gasteiger partial charge on any atom is -0.368 e. The molecular weight excluding hydrogens is 300 g/mol. The van der Waals surface area contributed by atoms with Crippen LogP contribution >= 0.6 is 0 Å². The maximum atomic E-state index is 12.5. The second-order valence-electron chi connectivity index (χ2n) is 7.29. The van der Waals surface area contributed by atoms with Gasteiger partial charge in [0.25, 0.3) is 5.91 Å². The molecule has 5 nitrogen and oxygen atoms in total. The van der Waals surface area contributed by atoms with Gasteiger partial charge in [-0.2, -0.15) is 0 Å². The molecule has 0 aliphatic carbocycles. The number of allylic oxidation sites excluding steroid dienone is 1. The summed E-state index contributed by atoms with van der Waals surface area (Å²) in [6.07, 6.45) is 3.45. The highest BCUT2D eigenvalue weighted by Gasteiger charge is 2.26. The van der Waals surface area contributed by atoms with Gasteiger partial charge >= 0.3 is 0 Å². The van der Waals surface area contributed by atoms with Crippen LogP contribution in [0.3, 0.4) is 0 Å². The summed E-state index contributed by atoms with van der Waals surface area (Å²) >= 11 is 0. The van der Waals surface area contributed by atoms with E-state index >= 15 is 0 Å². The summed E-state index contributed by atoms with van der Waals surface area (Å²) in [6, 6.07) is 8.60. The summed E-state index contributed by atoms with van der Waals surface area (Å²) in [4.78, 5) is 20.9. The Morgan fingerprint density at radius 3 is 2.46 bits per heavy atom. The summed E-state index contributed by atoms with van der Waals surface area (Å²) in [5, 5.41) is 3.05. The minimum absolute atomic E-state index is 0.0740. The molecule has 24 heavy (non-hydrogen) atoms. The van der Waals surface area contributed by atoms with Crippen LogP contribution < -0.4 is 10.2 Å². The van der Waals surface area contributed by atoms with Crippen LogP contribution in [0.1, 0.15) is 26.3 Å². The normalized spacial score (nSPS) is 18.2. The molecule has 1 aromatic rings. The molecule has 0 saturated carbocycles. The van der Waals surface area contributed by atoms with Gasteiger partial charge in [-0.15, -0.1) is 0 Å². The molecule has 0 aromatic heterocycles. The molecule has 1 N–H and O–H groups in total. The number of carbonyl (C=O) groups excluding carboxylic acids is 1. The molecule has 1 aromatic carbocycles. The number of rotatable bonds is 2. The van der Waals surface area contributed by atoms with Crippen LogP contribution in [0.4, 0.5) is 5.69 Å². The number of aliphatic imine (C=N–C) groups is 1. The molecule has 1 fully saturated rings. The third-order valence-electron chi connectivity index (χ3n) is 4.56. The Balaban J connectivity index is 1.69. The Labute approximate surface area is 144 Å². The topological polar surface area (TPSA) is 47.9 Å². The van der Waals surface area contributed by atoms with Gasteiger partial charge in [0.15, 0.2) is 0 Å². The molecule has 1 amide bonds. The number of nitrogens with zero attached hydrogens (tertiary/aromatic N) is 3. The van der Waals surface area contributed by atoms with E-state index in [1.54, 1.807) is 12.3 Å². The van der Waals surface area contributed by atoms with E-state index in [9.17, 15) is 4.79 Å². The predicted octanol–water partition coefficient (Wildman–Crippen LogP) is 2.15. The zero-order valence-corrected chi connectivity index (χ0v) is 14.7. The van der Waals surface area contributed by atoms with Gasteiger partial charge in [-0.05, 0) is 23.1 Å². The zero-order valence-electron chi connectivity index (χ0n) is 14.7. The average molecular weight is 326 g/mol. The summed E-state index contributed by atoms with van der Waals surface area (Å²) in [5.74, 6) is 0.0740. The maximum absolute atomic E-state index is 12.5. The van der Waals surface area contributed by atoms with E-state index in [2.05, 4.69) is 60.2 Å². The van der Waals surface area contributed by atoms with Crippen LogP contribution in [0, 0.1) is 0 Å². The molecule has 2 aliphatic rings. The van der Waals surface area contributed by atoms with E-state index in [0.717, 1.165) is 26.2 Å². The molecule has 2 aliphatic heterocycles. The fraction of sp³-hybridized carbons (Fsp3) is 0.474. The van der Waals surface area contributed by atoms with Crippen LogP contribution in [0.5, 0.6) is 0 Å². The van der Waals surface area contributed by atoms with Crippen molar-refractivity contribution in [3.8, 4) is 0 Å². The SMILES string of the molecule is CC(C)(C)c1ccccc1N1CCN(C(=O)C2=CC=NCN2)CC1. The van der Waals surface area contributed by atoms with Crippen LogP contribution in [0.15, 0.2) is 41.0 Å². The van der Waals surface area contributed by atoms with E-state index in [1.807, 2.05) is 4.90 Å². The lowest BCUT2D eigenvalue weighted by Gasteiger charge is -2.38.